The fourth-order valence-electron chi connectivity index (χ4n) is 1.36. The third-order valence-electron chi connectivity index (χ3n) is 2.04. The van der Waals surface area contributed by atoms with E-state index in [1.54, 1.807) is 0 Å². The zero-order valence-electron chi connectivity index (χ0n) is 10.0. The lowest BCUT2D eigenvalue weighted by molar-refractivity contribution is -0.115. The zero-order chi connectivity index (χ0) is 14.7. The number of nitrogens with one attached hydrogen (secondary N) is 2. The van der Waals surface area contributed by atoms with Gasteiger partial charge in [-0.2, -0.15) is 0 Å². The fourth-order valence-corrected chi connectivity index (χ4v) is 3.36. The van der Waals surface area contributed by atoms with E-state index in [4.69, 9.17) is 5.11 Å². The quantitative estimate of drug-likeness (QED) is 0.571. The van der Waals surface area contributed by atoms with Gasteiger partial charge in [-0.25, -0.2) is 4.79 Å². The molecule has 1 aromatic carbocycles. The normalized spacial score (nSPS) is 9.89. The van der Waals surface area contributed by atoms with E-state index >= 15 is 0 Å². The van der Waals surface area contributed by atoms with Gasteiger partial charge in [0.05, 0.1) is 24.1 Å². The van der Waals surface area contributed by atoms with Gasteiger partial charge in [0.25, 0.3) is 0 Å². The van der Waals surface area contributed by atoms with Gasteiger partial charge in [0.15, 0.2) is 0 Å². The molecule has 0 aliphatic rings. The molecule has 1 rings (SSSR count). The number of benzene rings is 1. The van der Waals surface area contributed by atoms with E-state index < -0.39 is 5.97 Å². The van der Waals surface area contributed by atoms with Crippen molar-refractivity contribution in [2.24, 2.45) is 0 Å². The second kappa shape index (κ2) is 6.50. The van der Waals surface area contributed by atoms with E-state index in [1.165, 1.54) is 19.9 Å². The number of halogens is 2. The summed E-state index contributed by atoms with van der Waals surface area (Å²) in [6.07, 6.45) is 0. The zero-order valence-corrected chi connectivity index (χ0v) is 14.3. The van der Waals surface area contributed by atoms with Crippen molar-refractivity contribution in [2.75, 3.05) is 10.6 Å². The number of anilines is 2. The molecule has 2 amide bonds. The highest BCUT2D eigenvalue weighted by atomic mass is 127. The van der Waals surface area contributed by atoms with E-state index in [0.717, 1.165) is 0 Å². The van der Waals surface area contributed by atoms with Crippen molar-refractivity contribution in [3.63, 3.8) is 0 Å². The second-order valence-corrected chi connectivity index (χ2v) is 5.80. The first-order chi connectivity index (χ1) is 8.73. The van der Waals surface area contributed by atoms with Gasteiger partial charge in [-0.05, 0) is 51.2 Å². The monoisotopic (exact) mass is 488 g/mol. The molecule has 0 radical (unpaired) electrons. The Bertz CT molecular complexity index is 572. The lowest BCUT2D eigenvalue weighted by Gasteiger charge is -2.15. The molecular weight excluding hydrogens is 478 g/mol. The van der Waals surface area contributed by atoms with Crippen LogP contribution in [0.5, 0.6) is 0 Å². The minimum absolute atomic E-state index is 0.0218. The number of carboxylic acid groups (broad SMARTS) is 1. The molecule has 19 heavy (non-hydrogen) atoms. The largest absolute Gasteiger partial charge is 0.478 e. The molecule has 0 aliphatic heterocycles. The molecule has 3 N–H and O–H groups in total. The Kier molecular flexibility index (Phi) is 5.52. The number of hydrogen-bond acceptors (Lipinski definition) is 3. The summed E-state index contributed by atoms with van der Waals surface area (Å²) in [5, 5.41) is 14.3. The lowest BCUT2D eigenvalue weighted by atomic mass is 10.1. The van der Waals surface area contributed by atoms with Crippen molar-refractivity contribution in [3.05, 3.63) is 18.8 Å². The van der Waals surface area contributed by atoms with Crippen LogP contribution in [0.4, 0.5) is 11.4 Å². The molecule has 0 aromatic heterocycles. The van der Waals surface area contributed by atoms with Crippen molar-refractivity contribution in [3.8, 4) is 0 Å². The fraction of sp³-hybridized carbons (Fsp3) is 0.182. The average molecular weight is 488 g/mol. The van der Waals surface area contributed by atoms with Gasteiger partial charge in [-0.1, -0.05) is 0 Å². The Balaban J connectivity index is 3.50. The number of amides is 2. The third kappa shape index (κ3) is 4.03. The first-order valence-electron chi connectivity index (χ1n) is 5.04. The molecule has 0 heterocycles. The molecule has 0 saturated heterocycles. The highest BCUT2D eigenvalue weighted by molar-refractivity contribution is 14.1. The standard InChI is InChI=1S/C11H10I2N2O4/c1-4(16)14-7-3-6(11(18)19)8(12)10(9(7)13)15-5(2)17/h3H,1-2H3,(H,14,16)(H,15,17)(H,18,19). The predicted octanol–water partition coefficient (Wildman–Crippen LogP) is 2.51. The molecule has 0 aliphatic carbocycles. The van der Waals surface area contributed by atoms with Gasteiger partial charge >= 0.3 is 5.97 Å². The molecule has 102 valence electrons. The third-order valence-corrected chi connectivity index (χ3v) is 4.28. The number of carbonyl (C=O) groups excluding carboxylic acids is 2. The number of carboxylic acids is 1. The molecule has 6 nitrogen and oxygen atoms in total. The predicted molar refractivity (Wildman–Crippen MR) is 87.4 cm³/mol. The first-order valence-corrected chi connectivity index (χ1v) is 7.20. The Morgan fingerprint density at radius 3 is 2.00 bits per heavy atom. The maximum Gasteiger partial charge on any atom is 0.336 e. The SMILES string of the molecule is CC(=O)Nc1cc(C(=O)O)c(I)c(NC(C)=O)c1I. The average Bonchev–Trinajstić information content (AvgIpc) is 2.26. The van der Waals surface area contributed by atoms with E-state index in [1.807, 2.05) is 45.2 Å². The Morgan fingerprint density at radius 1 is 1.05 bits per heavy atom. The molecule has 1 aromatic rings. The second-order valence-electron chi connectivity index (χ2n) is 3.64. The summed E-state index contributed by atoms with van der Waals surface area (Å²) in [4.78, 5) is 33.5. The van der Waals surface area contributed by atoms with Crippen LogP contribution in [0.25, 0.3) is 0 Å². The summed E-state index contributed by atoms with van der Waals surface area (Å²) >= 11 is 3.80. The molecule has 0 bridgehead atoms. The minimum atomic E-state index is -1.13. The van der Waals surface area contributed by atoms with Crippen LogP contribution >= 0.6 is 45.2 Å². The number of carbonyl (C=O) groups is 3. The van der Waals surface area contributed by atoms with Gasteiger partial charge in [0, 0.05) is 13.8 Å². The molecule has 8 heteroatoms. The highest BCUT2D eigenvalue weighted by Crippen LogP contribution is 2.34. The smallest absolute Gasteiger partial charge is 0.336 e. The van der Waals surface area contributed by atoms with Crippen LogP contribution in [0.15, 0.2) is 6.07 Å². The van der Waals surface area contributed by atoms with Crippen molar-refractivity contribution in [1.29, 1.82) is 0 Å². The Morgan fingerprint density at radius 2 is 1.58 bits per heavy atom. The van der Waals surface area contributed by atoms with Crippen LogP contribution in [0.2, 0.25) is 0 Å². The topological polar surface area (TPSA) is 95.5 Å². The summed E-state index contributed by atoms with van der Waals surface area (Å²) in [7, 11) is 0. The van der Waals surface area contributed by atoms with E-state index in [0.29, 0.717) is 18.5 Å². The van der Waals surface area contributed by atoms with Crippen molar-refractivity contribution < 1.29 is 19.5 Å². The summed E-state index contributed by atoms with van der Waals surface area (Å²) in [6.45, 7) is 2.66. The highest BCUT2D eigenvalue weighted by Gasteiger charge is 2.20. The maximum atomic E-state index is 11.2. The number of rotatable bonds is 3. The first kappa shape index (κ1) is 16.1. The molecular formula is C11H10I2N2O4. The molecule has 0 spiro atoms. The molecule has 0 unspecified atom stereocenters. The van der Waals surface area contributed by atoms with Crippen LogP contribution in [0, 0.1) is 7.14 Å². The van der Waals surface area contributed by atoms with Crippen LogP contribution in [-0.4, -0.2) is 22.9 Å². The summed E-state index contributed by atoms with van der Waals surface area (Å²) in [5.74, 6) is -1.75. The Labute approximate surface area is 136 Å². The van der Waals surface area contributed by atoms with Crippen molar-refractivity contribution in [2.45, 2.75) is 13.8 Å². The van der Waals surface area contributed by atoms with Crippen LogP contribution in [0.1, 0.15) is 24.2 Å². The van der Waals surface area contributed by atoms with E-state index in [-0.39, 0.29) is 17.4 Å². The van der Waals surface area contributed by atoms with Gasteiger partial charge in [0.1, 0.15) is 0 Å². The molecule has 0 atom stereocenters. The van der Waals surface area contributed by atoms with Gasteiger partial charge < -0.3 is 15.7 Å². The van der Waals surface area contributed by atoms with Crippen molar-refractivity contribution >= 4 is 74.3 Å². The van der Waals surface area contributed by atoms with E-state index in [2.05, 4.69) is 10.6 Å². The lowest BCUT2D eigenvalue weighted by Crippen LogP contribution is -2.15. The van der Waals surface area contributed by atoms with Gasteiger partial charge in [0.2, 0.25) is 11.8 Å². The van der Waals surface area contributed by atoms with Gasteiger partial charge in [-0.15, -0.1) is 0 Å². The summed E-state index contributed by atoms with van der Waals surface area (Å²) < 4.78 is 0.996. The summed E-state index contributed by atoms with van der Waals surface area (Å²) in [6, 6.07) is 1.37. The van der Waals surface area contributed by atoms with E-state index in [9.17, 15) is 14.4 Å². The number of hydrogen-bond donors (Lipinski definition) is 3. The summed E-state index contributed by atoms with van der Waals surface area (Å²) in [5.41, 5.74) is 0.764. The Hall–Kier alpha value is -0.910. The van der Waals surface area contributed by atoms with Crippen molar-refractivity contribution in [1.82, 2.24) is 0 Å². The molecule has 0 saturated carbocycles. The maximum absolute atomic E-state index is 11.2. The van der Waals surface area contributed by atoms with Gasteiger partial charge in [-0.3, -0.25) is 9.59 Å². The van der Waals surface area contributed by atoms with Crippen LogP contribution < -0.4 is 10.6 Å². The van der Waals surface area contributed by atoms with Crippen LogP contribution in [0.3, 0.4) is 0 Å². The van der Waals surface area contributed by atoms with Crippen LogP contribution in [-0.2, 0) is 9.59 Å². The number of aromatic carboxylic acids is 1. The minimum Gasteiger partial charge on any atom is -0.478 e. The molecule has 0 fully saturated rings.